The van der Waals surface area contributed by atoms with Crippen LogP contribution in [-0.2, 0) is 14.3 Å². The number of hydrogen-bond donors (Lipinski definition) is 4. The van der Waals surface area contributed by atoms with Gasteiger partial charge in [0, 0.05) is 13.0 Å². The highest BCUT2D eigenvalue weighted by atomic mass is 16.5. The molecular weight excluding hydrogens is 254 g/mol. The summed E-state index contributed by atoms with van der Waals surface area (Å²) in [4.78, 5) is 33.1. The highest BCUT2D eigenvalue weighted by Crippen LogP contribution is 2.05. The van der Waals surface area contributed by atoms with E-state index in [1.807, 2.05) is 0 Å². The Kier molecular flexibility index (Phi) is 6.07. The zero-order valence-electron chi connectivity index (χ0n) is 10.6. The van der Waals surface area contributed by atoms with E-state index in [1.165, 1.54) is 0 Å². The summed E-state index contributed by atoms with van der Waals surface area (Å²) in [5.41, 5.74) is 4.94. The molecule has 8 heteroatoms. The van der Waals surface area contributed by atoms with E-state index in [0.717, 1.165) is 12.8 Å². The number of nitrogens with one attached hydrogen (secondary N) is 2. The van der Waals surface area contributed by atoms with Gasteiger partial charge >= 0.3 is 12.0 Å². The van der Waals surface area contributed by atoms with Gasteiger partial charge in [-0.05, 0) is 19.3 Å². The molecule has 0 aliphatic carbocycles. The van der Waals surface area contributed by atoms with Crippen LogP contribution >= 0.6 is 0 Å². The molecule has 8 nitrogen and oxygen atoms in total. The summed E-state index contributed by atoms with van der Waals surface area (Å²) in [6, 6.07) is -1.82. The topological polar surface area (TPSA) is 131 Å². The lowest BCUT2D eigenvalue weighted by Crippen LogP contribution is -2.51. The van der Waals surface area contributed by atoms with Gasteiger partial charge in [0.05, 0.1) is 12.6 Å². The van der Waals surface area contributed by atoms with Crippen LogP contribution in [0.5, 0.6) is 0 Å². The highest BCUT2D eigenvalue weighted by Gasteiger charge is 2.22. The van der Waals surface area contributed by atoms with Gasteiger partial charge in [-0.2, -0.15) is 0 Å². The number of ether oxygens (including phenoxy) is 1. The number of hydrogen-bond acceptors (Lipinski definition) is 4. The average molecular weight is 273 g/mol. The third-order valence-electron chi connectivity index (χ3n) is 2.78. The molecule has 2 atom stereocenters. The molecule has 1 rings (SSSR count). The predicted octanol–water partition coefficient (Wildman–Crippen LogP) is -0.817. The smallest absolute Gasteiger partial charge is 0.326 e. The lowest BCUT2D eigenvalue weighted by molar-refractivity contribution is -0.139. The number of carbonyl (C=O) groups is 3. The molecule has 0 aromatic carbocycles. The Bertz CT molecular complexity index is 341. The second-order valence-corrected chi connectivity index (χ2v) is 4.43. The van der Waals surface area contributed by atoms with Crippen molar-refractivity contribution in [2.75, 3.05) is 13.2 Å². The Morgan fingerprint density at radius 3 is 2.68 bits per heavy atom. The second-order valence-electron chi connectivity index (χ2n) is 4.43. The molecular formula is C11H19N3O5. The van der Waals surface area contributed by atoms with E-state index in [0.29, 0.717) is 13.2 Å². The standard InChI is InChI=1S/C11H19N3O5/c12-9(15)4-3-8(10(16)17)14-11(18)13-7-2-1-5-19-6-7/h7-8H,1-6H2,(H2,12,15)(H,16,17)(H2,13,14,18)/t7?,8-/m1/s1. The molecule has 0 radical (unpaired) electrons. The summed E-state index contributed by atoms with van der Waals surface area (Å²) in [5, 5.41) is 13.9. The minimum absolute atomic E-state index is 0.0285. The SMILES string of the molecule is NC(=O)CC[C@@H](NC(=O)NC1CCCOC1)C(=O)O. The first kappa shape index (κ1) is 15.2. The number of carboxylic acid groups (broad SMARTS) is 1. The van der Waals surface area contributed by atoms with Gasteiger partial charge in [0.1, 0.15) is 6.04 Å². The summed E-state index contributed by atoms with van der Waals surface area (Å²) in [6.07, 6.45) is 1.53. The maximum absolute atomic E-state index is 11.6. The van der Waals surface area contributed by atoms with Crippen LogP contribution in [0, 0.1) is 0 Å². The van der Waals surface area contributed by atoms with Gasteiger partial charge < -0.3 is 26.2 Å². The molecule has 19 heavy (non-hydrogen) atoms. The van der Waals surface area contributed by atoms with Crippen LogP contribution in [0.15, 0.2) is 0 Å². The zero-order chi connectivity index (χ0) is 14.3. The molecule has 0 aromatic heterocycles. The van der Waals surface area contributed by atoms with Gasteiger partial charge in [-0.1, -0.05) is 0 Å². The molecule has 0 bridgehead atoms. The van der Waals surface area contributed by atoms with Gasteiger partial charge in [-0.3, -0.25) is 4.79 Å². The van der Waals surface area contributed by atoms with E-state index in [1.54, 1.807) is 0 Å². The fourth-order valence-corrected chi connectivity index (χ4v) is 1.78. The maximum Gasteiger partial charge on any atom is 0.326 e. The van der Waals surface area contributed by atoms with Crippen molar-refractivity contribution in [1.82, 2.24) is 10.6 Å². The summed E-state index contributed by atoms with van der Waals surface area (Å²) in [6.45, 7) is 1.10. The van der Waals surface area contributed by atoms with Crippen molar-refractivity contribution in [3.63, 3.8) is 0 Å². The van der Waals surface area contributed by atoms with E-state index in [-0.39, 0.29) is 18.9 Å². The summed E-state index contributed by atoms with van der Waals surface area (Å²) >= 11 is 0. The Balaban J connectivity index is 2.37. The quantitative estimate of drug-likeness (QED) is 0.502. The number of primary amides is 1. The van der Waals surface area contributed by atoms with Crippen molar-refractivity contribution in [1.29, 1.82) is 0 Å². The highest BCUT2D eigenvalue weighted by molar-refractivity contribution is 5.83. The predicted molar refractivity (Wildman–Crippen MR) is 65.4 cm³/mol. The molecule has 1 heterocycles. The van der Waals surface area contributed by atoms with E-state index in [4.69, 9.17) is 15.6 Å². The first-order valence-electron chi connectivity index (χ1n) is 6.15. The molecule has 1 aliphatic rings. The Hall–Kier alpha value is -1.83. The third-order valence-corrected chi connectivity index (χ3v) is 2.78. The molecule has 1 fully saturated rings. The van der Waals surface area contributed by atoms with Gasteiger partial charge in [0.15, 0.2) is 0 Å². The molecule has 1 unspecified atom stereocenters. The van der Waals surface area contributed by atoms with E-state index in [2.05, 4.69) is 10.6 Å². The summed E-state index contributed by atoms with van der Waals surface area (Å²) in [7, 11) is 0. The van der Waals surface area contributed by atoms with Gasteiger partial charge in [0.25, 0.3) is 0 Å². The largest absolute Gasteiger partial charge is 0.480 e. The summed E-state index contributed by atoms with van der Waals surface area (Å²) in [5.74, 6) is -1.80. The van der Waals surface area contributed by atoms with Crippen LogP contribution in [0.3, 0.4) is 0 Å². The number of carboxylic acids is 1. The third kappa shape index (κ3) is 6.05. The van der Waals surface area contributed by atoms with Gasteiger partial charge in [0.2, 0.25) is 5.91 Å². The Morgan fingerprint density at radius 2 is 2.16 bits per heavy atom. The summed E-state index contributed by atoms with van der Waals surface area (Å²) < 4.78 is 5.19. The van der Waals surface area contributed by atoms with Crippen molar-refractivity contribution in [3.8, 4) is 0 Å². The lowest BCUT2D eigenvalue weighted by Gasteiger charge is -2.24. The number of amides is 3. The van der Waals surface area contributed by atoms with Gasteiger partial charge in [-0.25, -0.2) is 9.59 Å². The maximum atomic E-state index is 11.6. The van der Waals surface area contributed by atoms with E-state index >= 15 is 0 Å². The van der Waals surface area contributed by atoms with Crippen molar-refractivity contribution in [2.24, 2.45) is 5.73 Å². The number of aliphatic carboxylic acids is 1. The normalized spacial score (nSPS) is 20.3. The monoisotopic (exact) mass is 273 g/mol. The van der Waals surface area contributed by atoms with Crippen LogP contribution in [0.1, 0.15) is 25.7 Å². The van der Waals surface area contributed by atoms with Crippen LogP contribution in [-0.4, -0.2) is 48.3 Å². The van der Waals surface area contributed by atoms with Crippen molar-refractivity contribution < 1.29 is 24.2 Å². The van der Waals surface area contributed by atoms with Crippen LogP contribution in [0.2, 0.25) is 0 Å². The molecule has 0 spiro atoms. The molecule has 3 amide bonds. The first-order valence-corrected chi connectivity index (χ1v) is 6.15. The minimum atomic E-state index is -1.20. The number of urea groups is 1. The zero-order valence-corrected chi connectivity index (χ0v) is 10.6. The van der Waals surface area contributed by atoms with Crippen LogP contribution < -0.4 is 16.4 Å². The number of nitrogens with two attached hydrogens (primary N) is 1. The van der Waals surface area contributed by atoms with Gasteiger partial charge in [-0.15, -0.1) is 0 Å². The molecule has 108 valence electrons. The van der Waals surface area contributed by atoms with Crippen molar-refractivity contribution >= 4 is 17.9 Å². The van der Waals surface area contributed by atoms with E-state index in [9.17, 15) is 14.4 Å². The fraction of sp³-hybridized carbons (Fsp3) is 0.727. The lowest BCUT2D eigenvalue weighted by atomic mass is 10.1. The van der Waals surface area contributed by atoms with Crippen molar-refractivity contribution in [3.05, 3.63) is 0 Å². The van der Waals surface area contributed by atoms with Crippen molar-refractivity contribution in [2.45, 2.75) is 37.8 Å². The number of rotatable bonds is 6. The first-order chi connectivity index (χ1) is 8.99. The molecule has 1 saturated heterocycles. The molecule has 0 aromatic rings. The van der Waals surface area contributed by atoms with Crippen LogP contribution in [0.25, 0.3) is 0 Å². The average Bonchev–Trinajstić information content (AvgIpc) is 2.35. The Morgan fingerprint density at radius 1 is 1.42 bits per heavy atom. The number of carbonyl (C=O) groups excluding carboxylic acids is 2. The Labute approximate surface area is 110 Å². The molecule has 1 aliphatic heterocycles. The van der Waals surface area contributed by atoms with Crippen LogP contribution in [0.4, 0.5) is 4.79 Å². The van der Waals surface area contributed by atoms with E-state index < -0.39 is 23.9 Å². The second kappa shape index (κ2) is 7.57. The molecule has 0 saturated carbocycles. The molecule has 5 N–H and O–H groups in total. The minimum Gasteiger partial charge on any atom is -0.480 e. The fourth-order valence-electron chi connectivity index (χ4n) is 1.78.